The van der Waals surface area contributed by atoms with Crippen LogP contribution in [0.1, 0.15) is 18.4 Å². The number of hydrogen-bond donors (Lipinski definition) is 1. The molecule has 1 atom stereocenters. The zero-order valence-electron chi connectivity index (χ0n) is 8.68. The molecule has 1 rings (SSSR count). The Kier molecular flexibility index (Phi) is 4.22. The second kappa shape index (κ2) is 5.03. The molecule has 1 aromatic carbocycles. The Morgan fingerprint density at radius 3 is 2.33 bits per heavy atom. The van der Waals surface area contributed by atoms with Crippen molar-refractivity contribution in [3.63, 3.8) is 0 Å². The largest absolute Gasteiger partial charge is 0.223 e. The predicted molar refractivity (Wildman–Crippen MR) is 65.7 cm³/mol. The Morgan fingerprint density at radius 1 is 1.33 bits per heavy atom. The Bertz CT molecular complexity index is 407. The minimum absolute atomic E-state index is 0.335. The highest BCUT2D eigenvalue weighted by atomic mass is 32.2. The van der Waals surface area contributed by atoms with E-state index in [0.29, 0.717) is 17.7 Å². The van der Waals surface area contributed by atoms with E-state index in [2.05, 4.69) is 19.6 Å². The Morgan fingerprint density at radius 2 is 1.87 bits per heavy atom. The lowest BCUT2D eigenvalue weighted by atomic mass is 10.2. The van der Waals surface area contributed by atoms with Crippen LogP contribution in [0.4, 0.5) is 0 Å². The first-order chi connectivity index (χ1) is 6.98. The SMILES string of the molecule is [CH2]CCC(S)S(=O)(=O)c1ccc(C)cc1. The number of aryl methyl sites for hydroxylation is 1. The molecule has 0 spiro atoms. The fourth-order valence-corrected chi connectivity index (χ4v) is 3.07. The minimum Gasteiger partial charge on any atom is -0.223 e. The highest BCUT2D eigenvalue weighted by Crippen LogP contribution is 2.22. The highest BCUT2D eigenvalue weighted by Gasteiger charge is 2.22. The molecular weight excluding hydrogens is 228 g/mol. The molecule has 0 N–H and O–H groups in total. The summed E-state index contributed by atoms with van der Waals surface area (Å²) in [6.45, 7) is 5.55. The zero-order valence-corrected chi connectivity index (χ0v) is 10.4. The van der Waals surface area contributed by atoms with Gasteiger partial charge in [-0.25, -0.2) is 8.42 Å². The highest BCUT2D eigenvalue weighted by molar-refractivity contribution is 8.04. The van der Waals surface area contributed by atoms with Crippen molar-refractivity contribution in [2.75, 3.05) is 0 Å². The number of rotatable bonds is 4. The van der Waals surface area contributed by atoms with Crippen molar-refractivity contribution < 1.29 is 8.42 Å². The van der Waals surface area contributed by atoms with Crippen LogP contribution in [0.25, 0.3) is 0 Å². The van der Waals surface area contributed by atoms with Gasteiger partial charge in [-0.3, -0.25) is 0 Å². The van der Waals surface area contributed by atoms with Crippen molar-refractivity contribution in [2.45, 2.75) is 29.2 Å². The molecule has 0 heterocycles. The number of hydrogen-bond acceptors (Lipinski definition) is 3. The maximum absolute atomic E-state index is 11.9. The molecule has 2 nitrogen and oxygen atoms in total. The second-order valence-electron chi connectivity index (χ2n) is 3.45. The summed E-state index contributed by atoms with van der Waals surface area (Å²) in [6.07, 6.45) is 1.04. The van der Waals surface area contributed by atoms with Gasteiger partial charge in [-0.15, -0.1) is 0 Å². The van der Waals surface area contributed by atoms with Gasteiger partial charge in [0, 0.05) is 0 Å². The van der Waals surface area contributed by atoms with Gasteiger partial charge in [-0.2, -0.15) is 12.6 Å². The molecule has 4 heteroatoms. The van der Waals surface area contributed by atoms with Gasteiger partial charge in [0.2, 0.25) is 0 Å². The van der Waals surface area contributed by atoms with E-state index >= 15 is 0 Å². The minimum atomic E-state index is -3.29. The first-order valence-electron chi connectivity index (χ1n) is 4.76. The topological polar surface area (TPSA) is 34.1 Å². The lowest BCUT2D eigenvalue weighted by Crippen LogP contribution is -2.15. The molecule has 0 aliphatic carbocycles. The Balaban J connectivity index is 3.01. The third-order valence-corrected chi connectivity index (χ3v) is 5.13. The number of thiol groups is 1. The zero-order chi connectivity index (χ0) is 11.5. The molecule has 0 aliphatic heterocycles. The fourth-order valence-electron chi connectivity index (χ4n) is 1.21. The normalized spacial score (nSPS) is 13.8. The maximum Gasteiger partial charge on any atom is 0.190 e. The summed E-state index contributed by atoms with van der Waals surface area (Å²) in [5, 5.41) is 0. The monoisotopic (exact) mass is 243 g/mol. The lowest BCUT2D eigenvalue weighted by Gasteiger charge is -2.11. The van der Waals surface area contributed by atoms with E-state index in [1.54, 1.807) is 24.3 Å². The van der Waals surface area contributed by atoms with E-state index in [4.69, 9.17) is 0 Å². The van der Waals surface area contributed by atoms with Gasteiger partial charge in [0.1, 0.15) is 4.58 Å². The van der Waals surface area contributed by atoms with Crippen molar-refractivity contribution in [3.05, 3.63) is 36.8 Å². The van der Waals surface area contributed by atoms with Crippen molar-refractivity contribution in [3.8, 4) is 0 Å². The quantitative estimate of drug-likeness (QED) is 0.825. The Hall–Kier alpha value is -0.480. The van der Waals surface area contributed by atoms with E-state index < -0.39 is 14.4 Å². The molecule has 15 heavy (non-hydrogen) atoms. The van der Waals surface area contributed by atoms with Crippen molar-refractivity contribution in [1.82, 2.24) is 0 Å². The maximum atomic E-state index is 11.9. The summed E-state index contributed by atoms with van der Waals surface area (Å²) in [5.41, 5.74) is 1.04. The van der Waals surface area contributed by atoms with Gasteiger partial charge in [0.25, 0.3) is 0 Å². The molecule has 0 saturated carbocycles. The van der Waals surface area contributed by atoms with Crippen LogP contribution in [0.5, 0.6) is 0 Å². The molecule has 0 fully saturated rings. The van der Waals surface area contributed by atoms with Crippen LogP contribution in [-0.4, -0.2) is 13.0 Å². The molecule has 83 valence electrons. The third-order valence-electron chi connectivity index (χ3n) is 2.16. The average molecular weight is 243 g/mol. The molecule has 1 radical (unpaired) electrons. The average Bonchev–Trinajstić information content (AvgIpc) is 2.18. The van der Waals surface area contributed by atoms with Gasteiger partial charge in [-0.1, -0.05) is 31.0 Å². The summed E-state index contributed by atoms with van der Waals surface area (Å²) in [4.78, 5) is 0.335. The Labute approximate surface area is 97.0 Å². The number of benzene rings is 1. The van der Waals surface area contributed by atoms with Gasteiger partial charge in [0.15, 0.2) is 9.84 Å². The van der Waals surface area contributed by atoms with Gasteiger partial charge in [0.05, 0.1) is 4.90 Å². The van der Waals surface area contributed by atoms with Crippen LogP contribution in [0.2, 0.25) is 0 Å². The van der Waals surface area contributed by atoms with E-state index in [1.165, 1.54) is 0 Å². The van der Waals surface area contributed by atoms with Crippen molar-refractivity contribution in [2.24, 2.45) is 0 Å². The van der Waals surface area contributed by atoms with Crippen LogP contribution in [-0.2, 0) is 9.84 Å². The van der Waals surface area contributed by atoms with E-state index in [-0.39, 0.29) is 0 Å². The third kappa shape index (κ3) is 2.98. The smallest absolute Gasteiger partial charge is 0.190 e. The molecule has 1 aromatic rings. The van der Waals surface area contributed by atoms with Gasteiger partial charge in [-0.05, 0) is 25.5 Å². The summed E-state index contributed by atoms with van der Waals surface area (Å²) in [5.74, 6) is 0. The van der Waals surface area contributed by atoms with Crippen molar-refractivity contribution in [1.29, 1.82) is 0 Å². The van der Waals surface area contributed by atoms with Gasteiger partial charge >= 0.3 is 0 Å². The standard InChI is InChI=1S/C11H15O2S2/c1-3-4-11(14)15(12,13)10-7-5-9(2)6-8-10/h5-8,11,14H,1,3-4H2,2H3. The summed E-state index contributed by atoms with van der Waals surface area (Å²) >= 11 is 4.10. The lowest BCUT2D eigenvalue weighted by molar-refractivity contribution is 0.590. The van der Waals surface area contributed by atoms with Crippen LogP contribution in [0.3, 0.4) is 0 Å². The first-order valence-corrected chi connectivity index (χ1v) is 6.82. The summed E-state index contributed by atoms with van der Waals surface area (Å²) in [6, 6.07) is 6.82. The van der Waals surface area contributed by atoms with Gasteiger partial charge < -0.3 is 0 Å². The molecular formula is C11H15O2S2. The second-order valence-corrected chi connectivity index (χ2v) is 6.56. The van der Waals surface area contributed by atoms with E-state index in [1.807, 2.05) is 6.92 Å². The van der Waals surface area contributed by atoms with Crippen molar-refractivity contribution >= 4 is 22.5 Å². The predicted octanol–water partition coefficient (Wildman–Crippen LogP) is 2.64. The molecule has 0 saturated heterocycles. The molecule has 0 aromatic heterocycles. The molecule has 0 aliphatic rings. The summed E-state index contributed by atoms with van der Waals surface area (Å²) in [7, 11) is -3.29. The van der Waals surface area contributed by atoms with E-state index in [0.717, 1.165) is 5.56 Å². The summed E-state index contributed by atoms with van der Waals surface area (Å²) < 4.78 is 23.2. The first kappa shape index (κ1) is 12.6. The van der Waals surface area contributed by atoms with E-state index in [9.17, 15) is 8.42 Å². The molecule has 0 amide bonds. The fraction of sp³-hybridized carbons (Fsp3) is 0.364. The van der Waals surface area contributed by atoms with Crippen LogP contribution in [0.15, 0.2) is 29.2 Å². The molecule has 0 bridgehead atoms. The van der Waals surface area contributed by atoms with Crippen LogP contribution < -0.4 is 0 Å². The molecule has 1 unspecified atom stereocenters. The van der Waals surface area contributed by atoms with Crippen LogP contribution >= 0.6 is 12.6 Å². The van der Waals surface area contributed by atoms with Crippen LogP contribution in [0, 0.1) is 13.8 Å². The number of sulfone groups is 1.